The fraction of sp³-hybridized carbons (Fsp3) is 0.538. The average Bonchev–Trinajstić information content (AvgIpc) is 3.20. The van der Waals surface area contributed by atoms with Gasteiger partial charge >= 0.3 is 0 Å². The Bertz CT molecular complexity index is 502. The predicted molar refractivity (Wildman–Crippen MR) is 63.6 cm³/mol. The van der Waals surface area contributed by atoms with Crippen LogP contribution in [0, 0.1) is 11.3 Å². The molecular formula is C13H16N2O2. The number of amides is 1. The van der Waals surface area contributed by atoms with Crippen molar-refractivity contribution in [2.24, 2.45) is 11.3 Å². The summed E-state index contributed by atoms with van der Waals surface area (Å²) in [4.78, 5) is 25.5. The summed E-state index contributed by atoms with van der Waals surface area (Å²) in [6, 6.07) is 5.09. The zero-order chi connectivity index (χ0) is 11.9. The van der Waals surface area contributed by atoms with Crippen molar-refractivity contribution in [2.45, 2.75) is 25.7 Å². The smallest absolute Gasteiger partial charge is 0.248 e. The van der Waals surface area contributed by atoms with Crippen LogP contribution < -0.4 is 10.9 Å². The van der Waals surface area contributed by atoms with E-state index in [2.05, 4.69) is 10.3 Å². The lowest BCUT2D eigenvalue weighted by molar-refractivity contribution is -0.122. The molecule has 90 valence electrons. The first-order chi connectivity index (χ1) is 8.20. The number of hydrogen-bond donors (Lipinski definition) is 2. The summed E-state index contributed by atoms with van der Waals surface area (Å²) in [5, 5.41) is 2.95. The number of aromatic amines is 1. The fourth-order valence-corrected chi connectivity index (χ4v) is 2.51. The van der Waals surface area contributed by atoms with Crippen LogP contribution in [0.15, 0.2) is 23.0 Å². The Labute approximate surface area is 99.4 Å². The molecule has 4 heteroatoms. The van der Waals surface area contributed by atoms with Gasteiger partial charge < -0.3 is 10.3 Å². The highest BCUT2D eigenvalue weighted by Crippen LogP contribution is 2.70. The second kappa shape index (κ2) is 3.72. The summed E-state index contributed by atoms with van der Waals surface area (Å²) in [7, 11) is 0. The van der Waals surface area contributed by atoms with E-state index in [0.717, 1.165) is 12.1 Å². The molecule has 2 aliphatic carbocycles. The van der Waals surface area contributed by atoms with Crippen molar-refractivity contribution < 1.29 is 4.79 Å². The van der Waals surface area contributed by atoms with Crippen LogP contribution in [0.3, 0.4) is 0 Å². The van der Waals surface area contributed by atoms with E-state index >= 15 is 0 Å². The molecule has 0 radical (unpaired) electrons. The van der Waals surface area contributed by atoms with Crippen molar-refractivity contribution >= 4 is 5.91 Å². The number of hydrogen-bond acceptors (Lipinski definition) is 2. The summed E-state index contributed by atoms with van der Waals surface area (Å²) in [6.45, 7) is 0.603. The number of rotatable bonds is 4. The third kappa shape index (κ3) is 2.12. The molecule has 1 amide bonds. The minimum Gasteiger partial charge on any atom is -0.355 e. The van der Waals surface area contributed by atoms with Crippen LogP contribution in [0.5, 0.6) is 0 Å². The first kappa shape index (κ1) is 10.6. The second-order valence-corrected chi connectivity index (χ2v) is 5.20. The van der Waals surface area contributed by atoms with Gasteiger partial charge in [0.25, 0.3) is 0 Å². The molecule has 1 aromatic rings. The van der Waals surface area contributed by atoms with Crippen LogP contribution in [0.1, 0.15) is 25.0 Å². The highest BCUT2D eigenvalue weighted by molar-refractivity contribution is 5.83. The van der Waals surface area contributed by atoms with E-state index in [9.17, 15) is 9.59 Å². The lowest BCUT2D eigenvalue weighted by atomic mass is 10.2. The molecule has 2 fully saturated rings. The van der Waals surface area contributed by atoms with E-state index in [4.69, 9.17) is 0 Å². The number of carbonyl (C=O) groups excluding carboxylic acids is 1. The molecule has 17 heavy (non-hydrogen) atoms. The average molecular weight is 232 g/mol. The molecule has 1 atom stereocenters. The van der Waals surface area contributed by atoms with Crippen LogP contribution in [0.2, 0.25) is 0 Å². The molecule has 0 aliphatic heterocycles. The first-order valence-corrected chi connectivity index (χ1v) is 6.16. The molecule has 1 aromatic heterocycles. The van der Waals surface area contributed by atoms with E-state index in [-0.39, 0.29) is 17.4 Å². The standard InChI is InChI=1S/C13H16N2O2/c16-11-3-1-2-9(15-11)4-7-14-12(17)10-8-13(10)5-6-13/h1-3,10H,4-8H2,(H,14,17)(H,15,16)/t10-/m1/s1. The molecule has 1 heterocycles. The zero-order valence-corrected chi connectivity index (χ0v) is 9.66. The van der Waals surface area contributed by atoms with E-state index < -0.39 is 0 Å². The van der Waals surface area contributed by atoms with Gasteiger partial charge in [0.1, 0.15) is 0 Å². The predicted octanol–water partition coefficient (Wildman–Crippen LogP) is 0.834. The molecule has 0 aromatic carbocycles. The molecular weight excluding hydrogens is 216 g/mol. The number of nitrogens with one attached hydrogen (secondary N) is 2. The van der Waals surface area contributed by atoms with Crippen molar-refractivity contribution in [3.05, 3.63) is 34.2 Å². The molecule has 3 rings (SSSR count). The Morgan fingerprint density at radius 1 is 1.47 bits per heavy atom. The summed E-state index contributed by atoms with van der Waals surface area (Å²) in [6.07, 6.45) is 4.23. The van der Waals surface area contributed by atoms with Gasteiger partial charge in [0, 0.05) is 30.6 Å². The molecule has 4 nitrogen and oxygen atoms in total. The van der Waals surface area contributed by atoms with Crippen molar-refractivity contribution in [1.29, 1.82) is 0 Å². The molecule has 1 spiro atoms. The van der Waals surface area contributed by atoms with Gasteiger partial charge in [-0.15, -0.1) is 0 Å². The lowest BCUT2D eigenvalue weighted by Crippen LogP contribution is -2.28. The monoisotopic (exact) mass is 232 g/mol. The van der Waals surface area contributed by atoms with Gasteiger partial charge in [0.05, 0.1) is 0 Å². The highest BCUT2D eigenvalue weighted by atomic mass is 16.2. The summed E-state index contributed by atoms with van der Waals surface area (Å²) >= 11 is 0. The van der Waals surface area contributed by atoms with E-state index in [1.165, 1.54) is 18.9 Å². The third-order valence-electron chi connectivity index (χ3n) is 3.92. The topological polar surface area (TPSA) is 62.0 Å². The minimum absolute atomic E-state index is 0.0899. The van der Waals surface area contributed by atoms with Gasteiger partial charge in [-0.25, -0.2) is 0 Å². The molecule has 2 saturated carbocycles. The van der Waals surface area contributed by atoms with Crippen LogP contribution in [0.4, 0.5) is 0 Å². The maximum absolute atomic E-state index is 11.7. The molecule has 2 N–H and O–H groups in total. The van der Waals surface area contributed by atoms with Crippen LogP contribution in [-0.4, -0.2) is 17.4 Å². The Kier molecular flexibility index (Phi) is 2.31. The third-order valence-corrected chi connectivity index (χ3v) is 3.92. The highest BCUT2D eigenvalue weighted by Gasteiger charge is 2.65. The Balaban J connectivity index is 1.46. The van der Waals surface area contributed by atoms with Crippen molar-refractivity contribution in [3.63, 3.8) is 0 Å². The van der Waals surface area contributed by atoms with Gasteiger partial charge in [-0.05, 0) is 30.7 Å². The largest absolute Gasteiger partial charge is 0.355 e. The quantitative estimate of drug-likeness (QED) is 0.807. The summed E-state index contributed by atoms with van der Waals surface area (Å²) < 4.78 is 0. The van der Waals surface area contributed by atoms with Crippen LogP contribution >= 0.6 is 0 Å². The first-order valence-electron chi connectivity index (χ1n) is 6.16. The maximum Gasteiger partial charge on any atom is 0.248 e. The van der Waals surface area contributed by atoms with Gasteiger partial charge in [-0.1, -0.05) is 6.07 Å². The van der Waals surface area contributed by atoms with Gasteiger partial charge in [0.2, 0.25) is 11.5 Å². The van der Waals surface area contributed by atoms with Crippen molar-refractivity contribution in [3.8, 4) is 0 Å². The fourth-order valence-electron chi connectivity index (χ4n) is 2.51. The number of carbonyl (C=O) groups is 1. The molecule has 0 unspecified atom stereocenters. The van der Waals surface area contributed by atoms with Crippen molar-refractivity contribution in [1.82, 2.24) is 10.3 Å². The maximum atomic E-state index is 11.7. The Hall–Kier alpha value is -1.58. The van der Waals surface area contributed by atoms with E-state index in [1.807, 2.05) is 6.07 Å². The summed E-state index contributed by atoms with van der Waals surface area (Å²) in [5.74, 6) is 0.470. The Morgan fingerprint density at radius 3 is 2.94 bits per heavy atom. The van der Waals surface area contributed by atoms with E-state index in [1.54, 1.807) is 6.07 Å². The number of pyridine rings is 1. The number of aromatic nitrogens is 1. The van der Waals surface area contributed by atoms with Crippen LogP contribution in [0.25, 0.3) is 0 Å². The van der Waals surface area contributed by atoms with Gasteiger partial charge in [-0.2, -0.15) is 0 Å². The minimum atomic E-state index is -0.0899. The zero-order valence-electron chi connectivity index (χ0n) is 9.66. The number of H-pyrrole nitrogens is 1. The lowest BCUT2D eigenvalue weighted by Gasteiger charge is -2.04. The molecule has 0 bridgehead atoms. The Morgan fingerprint density at radius 2 is 2.29 bits per heavy atom. The van der Waals surface area contributed by atoms with Crippen LogP contribution in [-0.2, 0) is 11.2 Å². The van der Waals surface area contributed by atoms with Gasteiger partial charge in [0.15, 0.2) is 0 Å². The van der Waals surface area contributed by atoms with Gasteiger partial charge in [-0.3, -0.25) is 9.59 Å². The normalized spacial score (nSPS) is 23.4. The molecule has 2 aliphatic rings. The SMILES string of the molecule is O=C(NCCc1cccc(=O)[nH]1)[C@H]1CC12CC2. The summed E-state index contributed by atoms with van der Waals surface area (Å²) in [5.41, 5.74) is 1.20. The van der Waals surface area contributed by atoms with Crippen molar-refractivity contribution in [2.75, 3.05) is 6.54 Å². The second-order valence-electron chi connectivity index (χ2n) is 5.20. The molecule has 0 saturated heterocycles. The van der Waals surface area contributed by atoms with E-state index in [0.29, 0.717) is 18.4 Å².